The second-order valence-corrected chi connectivity index (χ2v) is 5.40. The number of benzene rings is 1. The standard InChI is InChI=1S/C15H21ClN2O2/c1-2-20-14-8-7-12(9-13(14)16)18-15(19)10-17-11-5-3-4-6-11/h7-9,11,17H,2-6,10H2,1H3,(H,18,19). The average Bonchev–Trinajstić information content (AvgIpc) is 2.93. The number of carbonyl (C=O) groups excluding carboxylic acids is 1. The lowest BCUT2D eigenvalue weighted by molar-refractivity contribution is -0.115. The van der Waals surface area contributed by atoms with E-state index in [9.17, 15) is 4.79 Å². The summed E-state index contributed by atoms with van der Waals surface area (Å²) in [6.45, 7) is 2.81. The Morgan fingerprint density at radius 3 is 2.80 bits per heavy atom. The van der Waals surface area contributed by atoms with Gasteiger partial charge in [-0.2, -0.15) is 0 Å². The van der Waals surface area contributed by atoms with Gasteiger partial charge in [0, 0.05) is 11.7 Å². The summed E-state index contributed by atoms with van der Waals surface area (Å²) in [5.74, 6) is 0.591. The monoisotopic (exact) mass is 296 g/mol. The number of hydrogen-bond donors (Lipinski definition) is 2. The normalized spacial score (nSPS) is 15.3. The van der Waals surface area contributed by atoms with Crippen LogP contribution in [-0.2, 0) is 4.79 Å². The lowest BCUT2D eigenvalue weighted by atomic mass is 10.2. The van der Waals surface area contributed by atoms with Crippen LogP contribution >= 0.6 is 11.6 Å². The Labute approximate surface area is 124 Å². The lowest BCUT2D eigenvalue weighted by Gasteiger charge is -2.12. The molecule has 20 heavy (non-hydrogen) atoms. The van der Waals surface area contributed by atoms with Crippen molar-refractivity contribution < 1.29 is 9.53 Å². The van der Waals surface area contributed by atoms with E-state index in [2.05, 4.69) is 10.6 Å². The van der Waals surface area contributed by atoms with Crippen LogP contribution in [0.3, 0.4) is 0 Å². The van der Waals surface area contributed by atoms with Gasteiger partial charge < -0.3 is 15.4 Å². The van der Waals surface area contributed by atoms with Crippen molar-refractivity contribution in [3.8, 4) is 5.75 Å². The van der Waals surface area contributed by atoms with Crippen LogP contribution in [0, 0.1) is 0 Å². The molecule has 0 heterocycles. The highest BCUT2D eigenvalue weighted by Crippen LogP contribution is 2.27. The molecule has 0 aromatic heterocycles. The van der Waals surface area contributed by atoms with Crippen LogP contribution in [0.1, 0.15) is 32.6 Å². The fourth-order valence-corrected chi connectivity index (χ4v) is 2.66. The zero-order valence-corrected chi connectivity index (χ0v) is 12.5. The highest BCUT2D eigenvalue weighted by molar-refractivity contribution is 6.32. The molecule has 4 nitrogen and oxygen atoms in total. The third kappa shape index (κ3) is 4.39. The van der Waals surface area contributed by atoms with E-state index in [0.29, 0.717) is 35.7 Å². The van der Waals surface area contributed by atoms with Gasteiger partial charge in [0.1, 0.15) is 5.75 Å². The van der Waals surface area contributed by atoms with Crippen molar-refractivity contribution >= 4 is 23.2 Å². The molecule has 0 spiro atoms. The predicted octanol–water partition coefficient (Wildman–Crippen LogP) is 3.21. The Kier molecular flexibility index (Phi) is 5.68. The second-order valence-electron chi connectivity index (χ2n) is 4.99. The third-order valence-electron chi connectivity index (χ3n) is 3.42. The van der Waals surface area contributed by atoms with E-state index in [1.807, 2.05) is 6.92 Å². The van der Waals surface area contributed by atoms with Gasteiger partial charge in [-0.25, -0.2) is 0 Å². The SMILES string of the molecule is CCOc1ccc(NC(=O)CNC2CCCC2)cc1Cl. The van der Waals surface area contributed by atoms with E-state index in [1.165, 1.54) is 25.7 Å². The lowest BCUT2D eigenvalue weighted by Crippen LogP contribution is -2.34. The number of amides is 1. The van der Waals surface area contributed by atoms with Gasteiger partial charge >= 0.3 is 0 Å². The maximum Gasteiger partial charge on any atom is 0.238 e. The number of carbonyl (C=O) groups is 1. The molecule has 2 rings (SSSR count). The van der Waals surface area contributed by atoms with Crippen LogP contribution in [0.15, 0.2) is 18.2 Å². The van der Waals surface area contributed by atoms with Crippen molar-refractivity contribution in [3.05, 3.63) is 23.2 Å². The molecule has 1 amide bonds. The number of nitrogens with one attached hydrogen (secondary N) is 2. The van der Waals surface area contributed by atoms with Crippen molar-refractivity contribution in [2.75, 3.05) is 18.5 Å². The molecule has 0 unspecified atom stereocenters. The summed E-state index contributed by atoms with van der Waals surface area (Å²) in [4.78, 5) is 11.8. The largest absolute Gasteiger partial charge is 0.492 e. The zero-order chi connectivity index (χ0) is 14.4. The van der Waals surface area contributed by atoms with Gasteiger partial charge in [-0.1, -0.05) is 24.4 Å². The maximum absolute atomic E-state index is 11.8. The first-order valence-corrected chi connectivity index (χ1v) is 7.52. The van der Waals surface area contributed by atoms with Crippen molar-refractivity contribution in [1.29, 1.82) is 0 Å². The molecule has 0 aliphatic heterocycles. The smallest absolute Gasteiger partial charge is 0.238 e. The molecule has 2 N–H and O–H groups in total. The predicted molar refractivity (Wildman–Crippen MR) is 81.5 cm³/mol. The molecular formula is C15H21ClN2O2. The first-order valence-electron chi connectivity index (χ1n) is 7.14. The van der Waals surface area contributed by atoms with E-state index in [-0.39, 0.29) is 5.91 Å². The van der Waals surface area contributed by atoms with E-state index in [4.69, 9.17) is 16.3 Å². The number of rotatable bonds is 6. The second kappa shape index (κ2) is 7.50. The molecule has 1 fully saturated rings. The van der Waals surface area contributed by atoms with E-state index < -0.39 is 0 Å². The number of anilines is 1. The third-order valence-corrected chi connectivity index (χ3v) is 3.72. The highest BCUT2D eigenvalue weighted by atomic mass is 35.5. The molecule has 0 bridgehead atoms. The minimum Gasteiger partial charge on any atom is -0.492 e. The topological polar surface area (TPSA) is 50.4 Å². The molecule has 0 radical (unpaired) electrons. The Bertz CT molecular complexity index is 459. The van der Waals surface area contributed by atoms with Gasteiger partial charge in [-0.15, -0.1) is 0 Å². The van der Waals surface area contributed by atoms with E-state index >= 15 is 0 Å². The fraction of sp³-hybridized carbons (Fsp3) is 0.533. The molecular weight excluding hydrogens is 276 g/mol. The van der Waals surface area contributed by atoms with E-state index in [0.717, 1.165) is 0 Å². The van der Waals surface area contributed by atoms with Gasteiger partial charge in [0.05, 0.1) is 18.2 Å². The van der Waals surface area contributed by atoms with Gasteiger partial charge in [0.15, 0.2) is 0 Å². The van der Waals surface area contributed by atoms with Crippen LogP contribution in [0.2, 0.25) is 5.02 Å². The number of hydrogen-bond acceptors (Lipinski definition) is 3. The molecule has 0 atom stereocenters. The minimum atomic E-state index is -0.0443. The Hall–Kier alpha value is -1.26. The van der Waals surface area contributed by atoms with Crippen LogP contribution < -0.4 is 15.4 Å². The maximum atomic E-state index is 11.8. The molecule has 0 saturated heterocycles. The molecule has 110 valence electrons. The Morgan fingerprint density at radius 1 is 1.40 bits per heavy atom. The summed E-state index contributed by atoms with van der Waals surface area (Å²) >= 11 is 6.08. The Balaban J connectivity index is 1.82. The zero-order valence-electron chi connectivity index (χ0n) is 11.7. The van der Waals surface area contributed by atoms with Gasteiger partial charge in [-0.3, -0.25) is 4.79 Å². The van der Waals surface area contributed by atoms with Crippen LogP contribution in [-0.4, -0.2) is 25.1 Å². The molecule has 5 heteroatoms. The van der Waals surface area contributed by atoms with E-state index in [1.54, 1.807) is 18.2 Å². The number of halogens is 1. The van der Waals surface area contributed by atoms with Crippen molar-refractivity contribution in [2.24, 2.45) is 0 Å². The van der Waals surface area contributed by atoms with Crippen LogP contribution in [0.25, 0.3) is 0 Å². The summed E-state index contributed by atoms with van der Waals surface area (Å²) in [6.07, 6.45) is 4.85. The summed E-state index contributed by atoms with van der Waals surface area (Å²) in [7, 11) is 0. The van der Waals surface area contributed by atoms with Crippen LogP contribution in [0.5, 0.6) is 5.75 Å². The summed E-state index contributed by atoms with van der Waals surface area (Å²) in [6, 6.07) is 5.76. The molecule has 1 aromatic rings. The molecule has 1 aliphatic rings. The molecule has 1 aromatic carbocycles. The fourth-order valence-electron chi connectivity index (χ4n) is 2.42. The van der Waals surface area contributed by atoms with Crippen LogP contribution in [0.4, 0.5) is 5.69 Å². The minimum absolute atomic E-state index is 0.0443. The molecule has 1 saturated carbocycles. The quantitative estimate of drug-likeness (QED) is 0.847. The van der Waals surface area contributed by atoms with Gasteiger partial charge in [-0.05, 0) is 38.0 Å². The average molecular weight is 297 g/mol. The van der Waals surface area contributed by atoms with Gasteiger partial charge in [0.2, 0.25) is 5.91 Å². The summed E-state index contributed by atoms with van der Waals surface area (Å²) in [5, 5.41) is 6.62. The van der Waals surface area contributed by atoms with Crippen molar-refractivity contribution in [3.63, 3.8) is 0 Å². The van der Waals surface area contributed by atoms with Crippen molar-refractivity contribution in [2.45, 2.75) is 38.6 Å². The van der Waals surface area contributed by atoms with Crippen molar-refractivity contribution in [1.82, 2.24) is 5.32 Å². The van der Waals surface area contributed by atoms with Gasteiger partial charge in [0.25, 0.3) is 0 Å². The summed E-state index contributed by atoms with van der Waals surface area (Å²) in [5.41, 5.74) is 0.691. The summed E-state index contributed by atoms with van der Waals surface area (Å²) < 4.78 is 5.35. The highest BCUT2D eigenvalue weighted by Gasteiger charge is 2.15. The molecule has 1 aliphatic carbocycles. The first-order chi connectivity index (χ1) is 9.69. The first kappa shape index (κ1) is 15.1. The number of ether oxygens (including phenoxy) is 1. The Morgan fingerprint density at radius 2 is 2.15 bits per heavy atom.